The van der Waals surface area contributed by atoms with Gasteiger partial charge >= 0.3 is 0 Å². The Morgan fingerprint density at radius 2 is 2.00 bits per heavy atom. The molecule has 0 unspecified atom stereocenters. The van der Waals surface area contributed by atoms with E-state index in [1.54, 1.807) is 12.1 Å². The van der Waals surface area contributed by atoms with Crippen molar-refractivity contribution in [2.75, 3.05) is 18.0 Å². The third kappa shape index (κ3) is 3.53. The molecule has 0 saturated carbocycles. The lowest BCUT2D eigenvalue weighted by Crippen LogP contribution is -2.45. The molecule has 1 fully saturated rings. The molecule has 0 radical (unpaired) electrons. The van der Waals surface area contributed by atoms with Crippen LogP contribution in [0.5, 0.6) is 0 Å². The molecule has 0 spiro atoms. The zero-order chi connectivity index (χ0) is 20.6. The number of hydrogen-bond donors (Lipinski definition) is 0. The molecule has 0 aliphatic carbocycles. The summed E-state index contributed by atoms with van der Waals surface area (Å²) < 4.78 is 15.0. The maximum Gasteiger partial charge on any atom is 0.293 e. The van der Waals surface area contributed by atoms with Crippen LogP contribution < -0.4 is 4.90 Å². The number of fused-ring (bicyclic) bond motifs is 1. The molecular weight excluding hydrogens is 375 g/mol. The van der Waals surface area contributed by atoms with E-state index in [0.717, 1.165) is 46.5 Å². The average Bonchev–Trinajstić information content (AvgIpc) is 2.87. The maximum absolute atomic E-state index is 15.0. The minimum atomic E-state index is -0.409. The van der Waals surface area contributed by atoms with E-state index in [9.17, 15) is 14.0 Å². The van der Waals surface area contributed by atoms with Gasteiger partial charge in [-0.3, -0.25) is 14.5 Å². The van der Waals surface area contributed by atoms with Crippen LogP contribution in [0.15, 0.2) is 35.8 Å². The van der Waals surface area contributed by atoms with E-state index in [0.29, 0.717) is 5.56 Å². The van der Waals surface area contributed by atoms with Crippen LogP contribution in [0.4, 0.5) is 14.9 Å². The van der Waals surface area contributed by atoms with Crippen molar-refractivity contribution >= 4 is 40.2 Å². The second kappa shape index (κ2) is 7.59. The molecule has 0 aromatic heterocycles. The van der Waals surface area contributed by atoms with E-state index in [1.165, 1.54) is 12.2 Å². The van der Waals surface area contributed by atoms with E-state index in [4.69, 9.17) is 0 Å². The number of rotatable bonds is 5. The van der Waals surface area contributed by atoms with E-state index < -0.39 is 11.7 Å². The Hall–Kier alpha value is -2.34. The lowest BCUT2D eigenvalue weighted by Gasteiger charge is -2.43. The van der Waals surface area contributed by atoms with Crippen molar-refractivity contribution < 1.29 is 14.0 Å². The number of hydrogen-bond acceptors (Lipinski definition) is 4. The Balaban J connectivity index is 2.05. The number of carbonyl (C=O) groups excluding carboxylic acids is 2. The molecular formula is C22H25FN2O2S. The molecule has 2 aliphatic rings. The van der Waals surface area contributed by atoms with E-state index in [2.05, 4.69) is 38.3 Å². The summed E-state index contributed by atoms with van der Waals surface area (Å²) in [4.78, 5) is 28.0. The highest BCUT2D eigenvalue weighted by atomic mass is 32.2. The third-order valence-electron chi connectivity index (χ3n) is 5.02. The minimum Gasteiger partial charge on any atom is -0.362 e. The second-order valence-corrected chi connectivity index (χ2v) is 8.60. The molecule has 3 rings (SSSR count). The molecule has 148 valence electrons. The largest absolute Gasteiger partial charge is 0.362 e. The predicted molar refractivity (Wildman–Crippen MR) is 115 cm³/mol. The highest BCUT2D eigenvalue weighted by molar-refractivity contribution is 8.18. The van der Waals surface area contributed by atoms with Crippen LogP contribution in [0.25, 0.3) is 11.6 Å². The topological polar surface area (TPSA) is 40.6 Å². The smallest absolute Gasteiger partial charge is 0.293 e. The van der Waals surface area contributed by atoms with Crippen molar-refractivity contribution in [1.82, 2.24) is 4.90 Å². The van der Waals surface area contributed by atoms with Gasteiger partial charge in [0.2, 0.25) is 0 Å². The minimum absolute atomic E-state index is 0.150. The number of carbonyl (C=O) groups is 2. The van der Waals surface area contributed by atoms with Gasteiger partial charge in [0.1, 0.15) is 5.82 Å². The van der Waals surface area contributed by atoms with Crippen LogP contribution >= 0.6 is 11.8 Å². The summed E-state index contributed by atoms with van der Waals surface area (Å²) in [5.41, 5.74) is 2.99. The van der Waals surface area contributed by atoms with Gasteiger partial charge in [-0.25, -0.2) is 4.39 Å². The van der Waals surface area contributed by atoms with Crippen molar-refractivity contribution in [2.24, 2.45) is 0 Å². The Kier molecular flexibility index (Phi) is 5.53. The summed E-state index contributed by atoms with van der Waals surface area (Å²) in [6.45, 7) is 12.9. The van der Waals surface area contributed by atoms with Gasteiger partial charge in [-0.2, -0.15) is 0 Å². The number of amides is 2. The van der Waals surface area contributed by atoms with Crippen LogP contribution in [0.2, 0.25) is 0 Å². The third-order valence-corrected chi connectivity index (χ3v) is 5.92. The number of thioether (sulfide) groups is 1. The molecule has 1 saturated heterocycles. The van der Waals surface area contributed by atoms with Crippen molar-refractivity contribution in [1.29, 1.82) is 0 Å². The van der Waals surface area contributed by atoms with Gasteiger partial charge < -0.3 is 4.90 Å². The number of anilines is 1. The summed E-state index contributed by atoms with van der Waals surface area (Å²) >= 11 is 0.831. The monoisotopic (exact) mass is 400 g/mol. The quantitative estimate of drug-likeness (QED) is 0.486. The highest BCUT2D eigenvalue weighted by Crippen LogP contribution is 2.41. The molecule has 0 bridgehead atoms. The van der Waals surface area contributed by atoms with E-state index in [-0.39, 0.29) is 22.2 Å². The fourth-order valence-electron chi connectivity index (χ4n) is 3.79. The first kappa shape index (κ1) is 20.4. The number of allylic oxidation sites excluding steroid dienone is 1. The number of nitrogens with zero attached hydrogens (tertiary/aromatic N) is 2. The van der Waals surface area contributed by atoms with E-state index >= 15 is 0 Å². The molecule has 6 heteroatoms. The summed E-state index contributed by atoms with van der Waals surface area (Å²) in [6, 6.07) is 3.32. The summed E-state index contributed by atoms with van der Waals surface area (Å²) in [7, 11) is 0. The van der Waals surface area contributed by atoms with Crippen molar-refractivity contribution in [3.05, 3.63) is 52.7 Å². The van der Waals surface area contributed by atoms with Crippen LogP contribution in [-0.4, -0.2) is 34.7 Å². The van der Waals surface area contributed by atoms with Crippen molar-refractivity contribution in [3.63, 3.8) is 0 Å². The summed E-state index contributed by atoms with van der Waals surface area (Å²) in [6.07, 6.45) is 6.11. The molecule has 0 atom stereocenters. The molecule has 1 aromatic carbocycles. The Morgan fingerprint density at radius 3 is 2.64 bits per heavy atom. The SMILES string of the molecule is C=CCN1C(=O)S/C(=C/c2cc3c(cc2F)N(CCC)C(C)(C)C=C3C)C1=O. The maximum atomic E-state index is 15.0. The van der Waals surface area contributed by atoms with Crippen LogP contribution in [0.1, 0.15) is 45.2 Å². The van der Waals surface area contributed by atoms with Gasteiger partial charge in [0.15, 0.2) is 0 Å². The molecule has 2 heterocycles. The molecule has 2 amide bonds. The van der Waals surface area contributed by atoms with Gasteiger partial charge in [-0.15, -0.1) is 6.58 Å². The average molecular weight is 401 g/mol. The zero-order valence-electron chi connectivity index (χ0n) is 16.7. The molecule has 0 N–H and O–H groups in total. The van der Waals surface area contributed by atoms with Crippen LogP contribution in [0.3, 0.4) is 0 Å². The summed E-state index contributed by atoms with van der Waals surface area (Å²) in [5, 5.41) is -0.360. The highest BCUT2D eigenvalue weighted by Gasteiger charge is 2.35. The molecule has 4 nitrogen and oxygen atoms in total. The molecule has 1 aromatic rings. The van der Waals surface area contributed by atoms with Crippen molar-refractivity contribution in [3.8, 4) is 0 Å². The normalized spacial score (nSPS) is 19.9. The van der Waals surface area contributed by atoms with Crippen LogP contribution in [0, 0.1) is 5.82 Å². The van der Waals surface area contributed by atoms with Gasteiger partial charge in [0.05, 0.1) is 10.4 Å². The van der Waals surface area contributed by atoms with Crippen LogP contribution in [-0.2, 0) is 4.79 Å². The lowest BCUT2D eigenvalue weighted by atomic mass is 9.87. The predicted octanol–water partition coefficient (Wildman–Crippen LogP) is 5.46. The fourth-order valence-corrected chi connectivity index (χ4v) is 4.62. The zero-order valence-corrected chi connectivity index (χ0v) is 17.5. The first-order chi connectivity index (χ1) is 13.2. The van der Waals surface area contributed by atoms with Gasteiger partial charge in [-0.05, 0) is 62.7 Å². The Bertz CT molecular complexity index is 917. The fraction of sp³-hybridized carbons (Fsp3) is 0.364. The Morgan fingerprint density at radius 1 is 1.29 bits per heavy atom. The summed E-state index contributed by atoms with van der Waals surface area (Å²) in [5.74, 6) is -0.811. The number of imide groups is 1. The standard InChI is InChI=1S/C22H25FN2O2S/c1-6-8-24-20(26)19(28-21(24)27)11-15-10-16-14(3)13-22(4,5)25(9-7-2)18(16)12-17(15)23/h6,10-13H,1,7-9H2,2-5H3/b19-11+. The van der Waals surface area contributed by atoms with Gasteiger partial charge in [-0.1, -0.05) is 19.1 Å². The molecule has 2 aliphatic heterocycles. The second-order valence-electron chi connectivity index (χ2n) is 7.60. The Labute approximate surface area is 169 Å². The molecule has 28 heavy (non-hydrogen) atoms. The van der Waals surface area contributed by atoms with E-state index in [1.807, 2.05) is 6.92 Å². The van der Waals surface area contributed by atoms with Crippen molar-refractivity contribution in [2.45, 2.75) is 39.7 Å². The van der Waals surface area contributed by atoms with Gasteiger partial charge in [0, 0.05) is 29.9 Å². The number of benzene rings is 1. The first-order valence-corrected chi connectivity index (χ1v) is 10.2. The lowest BCUT2D eigenvalue weighted by molar-refractivity contribution is -0.122. The van der Waals surface area contributed by atoms with Gasteiger partial charge in [0.25, 0.3) is 11.1 Å². The first-order valence-electron chi connectivity index (χ1n) is 9.37. The number of halogens is 1.